The van der Waals surface area contributed by atoms with E-state index in [1.807, 2.05) is 12.2 Å². The first-order valence-electron chi connectivity index (χ1n) is 7.26. The Bertz CT molecular complexity index is 929. The number of rotatable bonds is 3. The molecule has 1 aromatic heterocycles. The van der Waals surface area contributed by atoms with Gasteiger partial charge in [-0.25, -0.2) is 0 Å². The molecule has 6 nitrogen and oxygen atoms in total. The molecule has 128 valence electrons. The van der Waals surface area contributed by atoms with Gasteiger partial charge in [0.25, 0.3) is 5.91 Å². The second-order valence-electron chi connectivity index (χ2n) is 5.25. The second-order valence-corrected chi connectivity index (χ2v) is 6.09. The highest BCUT2D eigenvalue weighted by atomic mass is 35.5. The minimum absolute atomic E-state index is 0.0453. The Morgan fingerprint density at radius 1 is 1.16 bits per heavy atom. The fourth-order valence-corrected chi connectivity index (χ4v) is 2.63. The van der Waals surface area contributed by atoms with Crippen molar-refractivity contribution in [3.05, 3.63) is 63.9 Å². The van der Waals surface area contributed by atoms with Gasteiger partial charge in [-0.05, 0) is 24.6 Å². The normalized spacial score (nSPS) is 13.8. The summed E-state index contributed by atoms with van der Waals surface area (Å²) >= 11 is 11.8. The summed E-state index contributed by atoms with van der Waals surface area (Å²) in [7, 11) is 0. The molecule has 2 aromatic rings. The topological polar surface area (TPSA) is 98.2 Å². The number of aromatic nitrogens is 2. The molecule has 1 amide bonds. The summed E-state index contributed by atoms with van der Waals surface area (Å²) < 4.78 is 0. The third kappa shape index (κ3) is 3.70. The number of aromatic hydroxyl groups is 2. The monoisotopic (exact) mass is 377 g/mol. The van der Waals surface area contributed by atoms with Crippen LogP contribution in [0.1, 0.15) is 16.8 Å². The van der Waals surface area contributed by atoms with Gasteiger partial charge in [0.2, 0.25) is 0 Å². The quantitative estimate of drug-likeness (QED) is 0.652. The summed E-state index contributed by atoms with van der Waals surface area (Å²) in [6.07, 6.45) is 8.95. The van der Waals surface area contributed by atoms with Crippen LogP contribution in [0.4, 0.5) is 0 Å². The summed E-state index contributed by atoms with van der Waals surface area (Å²) in [5, 5.41) is 29.5. The lowest BCUT2D eigenvalue weighted by molar-refractivity contribution is 0.0968. The number of nitrogens with one attached hydrogen (secondary N) is 2. The Labute approximate surface area is 153 Å². The molecular weight excluding hydrogens is 365 g/mol. The van der Waals surface area contributed by atoms with Crippen molar-refractivity contribution in [2.24, 2.45) is 0 Å². The van der Waals surface area contributed by atoms with Crippen molar-refractivity contribution in [1.29, 1.82) is 0 Å². The molecule has 1 aromatic carbocycles. The SMILES string of the molecule is O=C(NC1=CCC=C(Cl)C=C1)c1cn[nH]c1-c1cc(Cl)c(O)cc1O. The number of aromatic amines is 1. The maximum Gasteiger partial charge on any atom is 0.259 e. The number of nitrogens with zero attached hydrogens (tertiary/aromatic N) is 1. The lowest BCUT2D eigenvalue weighted by Crippen LogP contribution is -2.22. The first kappa shape index (κ1) is 17.1. The van der Waals surface area contributed by atoms with Gasteiger partial charge in [0, 0.05) is 22.4 Å². The molecule has 25 heavy (non-hydrogen) atoms. The zero-order valence-corrected chi connectivity index (χ0v) is 14.3. The maximum absolute atomic E-state index is 12.6. The minimum atomic E-state index is -0.415. The van der Waals surface area contributed by atoms with Crippen LogP contribution < -0.4 is 5.32 Å². The van der Waals surface area contributed by atoms with E-state index in [0.717, 1.165) is 6.07 Å². The van der Waals surface area contributed by atoms with Gasteiger partial charge in [-0.3, -0.25) is 9.89 Å². The van der Waals surface area contributed by atoms with E-state index in [1.54, 1.807) is 12.2 Å². The molecule has 1 heterocycles. The number of halogens is 2. The summed E-state index contributed by atoms with van der Waals surface area (Å²) in [5.41, 5.74) is 1.35. The van der Waals surface area contributed by atoms with Crippen molar-refractivity contribution in [3.8, 4) is 22.8 Å². The molecule has 0 saturated carbocycles. The number of carbonyl (C=O) groups is 1. The average Bonchev–Trinajstić information content (AvgIpc) is 2.96. The van der Waals surface area contributed by atoms with Crippen LogP contribution in [-0.2, 0) is 0 Å². The number of hydrogen-bond donors (Lipinski definition) is 4. The number of H-pyrrole nitrogens is 1. The van der Waals surface area contributed by atoms with Gasteiger partial charge < -0.3 is 15.5 Å². The van der Waals surface area contributed by atoms with Gasteiger partial charge in [-0.1, -0.05) is 35.4 Å². The van der Waals surface area contributed by atoms with Gasteiger partial charge in [-0.2, -0.15) is 5.10 Å². The molecule has 0 spiro atoms. The number of phenols is 2. The number of hydrogen-bond acceptors (Lipinski definition) is 4. The zero-order chi connectivity index (χ0) is 18.0. The molecule has 8 heteroatoms. The van der Waals surface area contributed by atoms with Crippen molar-refractivity contribution >= 4 is 29.1 Å². The van der Waals surface area contributed by atoms with Crippen LogP contribution in [0, 0.1) is 0 Å². The standard InChI is InChI=1S/C17H13Cl2N3O3/c18-9-2-1-3-10(5-4-9)21-17(25)12-8-20-22-16(12)11-6-13(19)15(24)7-14(11)23/h2-8,23-24H,1H2,(H,20,22)(H,21,25). The second kappa shape index (κ2) is 7.04. The van der Waals surface area contributed by atoms with Gasteiger partial charge in [0.05, 0.1) is 22.5 Å². The van der Waals surface area contributed by atoms with E-state index in [0.29, 0.717) is 17.2 Å². The Hall–Kier alpha value is -2.70. The van der Waals surface area contributed by atoms with E-state index < -0.39 is 5.91 Å². The van der Waals surface area contributed by atoms with Crippen molar-refractivity contribution in [3.63, 3.8) is 0 Å². The summed E-state index contributed by atoms with van der Waals surface area (Å²) in [4.78, 5) is 12.6. The van der Waals surface area contributed by atoms with Crippen LogP contribution in [0.15, 0.2) is 53.4 Å². The lowest BCUT2D eigenvalue weighted by atomic mass is 10.1. The first-order chi connectivity index (χ1) is 12.0. The molecular formula is C17H13Cl2N3O3. The number of amides is 1. The summed E-state index contributed by atoms with van der Waals surface area (Å²) in [6, 6.07) is 2.45. The summed E-state index contributed by atoms with van der Waals surface area (Å²) in [5.74, 6) is -0.905. The molecule has 1 aliphatic carbocycles. The molecule has 1 aliphatic rings. The van der Waals surface area contributed by atoms with Crippen LogP contribution in [0.3, 0.4) is 0 Å². The molecule has 0 bridgehead atoms. The molecule has 0 unspecified atom stereocenters. The largest absolute Gasteiger partial charge is 0.507 e. The van der Waals surface area contributed by atoms with Crippen LogP contribution in [0.5, 0.6) is 11.5 Å². The third-order valence-electron chi connectivity index (χ3n) is 3.55. The lowest BCUT2D eigenvalue weighted by Gasteiger charge is -2.09. The van der Waals surface area contributed by atoms with Crippen LogP contribution in [0.25, 0.3) is 11.3 Å². The van der Waals surface area contributed by atoms with E-state index in [-0.39, 0.29) is 33.3 Å². The van der Waals surface area contributed by atoms with E-state index in [9.17, 15) is 15.0 Å². The highest BCUT2D eigenvalue weighted by molar-refractivity contribution is 6.32. The highest BCUT2D eigenvalue weighted by Gasteiger charge is 2.19. The van der Waals surface area contributed by atoms with Crippen LogP contribution >= 0.6 is 23.2 Å². The fourth-order valence-electron chi connectivity index (χ4n) is 2.31. The van der Waals surface area contributed by atoms with E-state index >= 15 is 0 Å². The predicted octanol–water partition coefficient (Wildman–Crippen LogP) is 3.84. The highest BCUT2D eigenvalue weighted by Crippen LogP contribution is 2.37. The Morgan fingerprint density at radius 2 is 1.96 bits per heavy atom. The Kier molecular flexibility index (Phi) is 4.83. The van der Waals surface area contributed by atoms with Crippen molar-refractivity contribution in [2.45, 2.75) is 6.42 Å². The van der Waals surface area contributed by atoms with Gasteiger partial charge in [0.1, 0.15) is 11.5 Å². The minimum Gasteiger partial charge on any atom is -0.507 e. The predicted molar refractivity (Wildman–Crippen MR) is 95.6 cm³/mol. The van der Waals surface area contributed by atoms with Crippen molar-refractivity contribution in [1.82, 2.24) is 15.5 Å². The maximum atomic E-state index is 12.6. The van der Waals surface area contributed by atoms with Crippen LogP contribution in [-0.4, -0.2) is 26.3 Å². The first-order valence-corrected chi connectivity index (χ1v) is 8.01. The fraction of sp³-hybridized carbons (Fsp3) is 0.0588. The van der Waals surface area contributed by atoms with Gasteiger partial charge in [-0.15, -0.1) is 0 Å². The molecule has 0 saturated heterocycles. The van der Waals surface area contributed by atoms with Gasteiger partial charge in [0.15, 0.2) is 0 Å². The van der Waals surface area contributed by atoms with Gasteiger partial charge >= 0.3 is 0 Å². The molecule has 3 rings (SSSR count). The average molecular weight is 378 g/mol. The number of benzene rings is 1. The van der Waals surface area contributed by atoms with Crippen molar-refractivity contribution in [2.75, 3.05) is 0 Å². The third-order valence-corrected chi connectivity index (χ3v) is 4.13. The number of carbonyl (C=O) groups excluding carboxylic acids is 1. The van der Waals surface area contributed by atoms with E-state index in [2.05, 4.69) is 15.5 Å². The zero-order valence-electron chi connectivity index (χ0n) is 12.8. The molecule has 0 radical (unpaired) electrons. The van der Waals surface area contributed by atoms with Crippen molar-refractivity contribution < 1.29 is 15.0 Å². The molecule has 0 atom stereocenters. The van der Waals surface area contributed by atoms with Crippen LogP contribution in [0.2, 0.25) is 5.02 Å². The van der Waals surface area contributed by atoms with E-state index in [4.69, 9.17) is 23.2 Å². The number of allylic oxidation sites excluding steroid dienone is 5. The Balaban J connectivity index is 1.90. The van der Waals surface area contributed by atoms with E-state index in [1.165, 1.54) is 12.3 Å². The number of phenolic OH excluding ortho intramolecular Hbond substituents is 2. The smallest absolute Gasteiger partial charge is 0.259 e. The molecule has 0 fully saturated rings. The Morgan fingerprint density at radius 3 is 2.76 bits per heavy atom. The molecule has 0 aliphatic heterocycles. The summed E-state index contributed by atoms with van der Waals surface area (Å²) in [6.45, 7) is 0. The molecule has 4 N–H and O–H groups in total.